The zero-order chi connectivity index (χ0) is 14.8. The van der Waals surface area contributed by atoms with Crippen LogP contribution in [0, 0.1) is 0 Å². The molecule has 0 amide bonds. The highest BCUT2D eigenvalue weighted by Crippen LogP contribution is 2.26. The number of rotatable bonds is 5. The van der Waals surface area contributed by atoms with Crippen LogP contribution in [0.15, 0.2) is 10.7 Å². The van der Waals surface area contributed by atoms with Crippen molar-refractivity contribution in [3.05, 3.63) is 16.4 Å². The number of carbonyl (C=O) groups is 1. The largest absolute Gasteiger partial charge is 0.379 e. The van der Waals surface area contributed by atoms with E-state index >= 15 is 0 Å². The third kappa shape index (κ3) is 2.97. The summed E-state index contributed by atoms with van der Waals surface area (Å²) in [4.78, 5) is 15.2. The highest BCUT2D eigenvalue weighted by atomic mass is 79.9. The van der Waals surface area contributed by atoms with Crippen LogP contribution in [0.1, 0.15) is 37.7 Å². The van der Waals surface area contributed by atoms with Crippen LogP contribution in [-0.4, -0.2) is 52.3 Å². The number of Topliss-reactive ketones (excluding diaryl/α,β-unsaturated/α-hetero) is 1. The Hall–Kier alpha value is -0.720. The van der Waals surface area contributed by atoms with E-state index in [-0.39, 0.29) is 5.78 Å². The van der Waals surface area contributed by atoms with E-state index in [0.29, 0.717) is 18.9 Å². The first-order valence-electron chi connectivity index (χ1n) is 7.07. The molecule has 20 heavy (non-hydrogen) atoms. The summed E-state index contributed by atoms with van der Waals surface area (Å²) in [5.74, 6) is 0.109. The van der Waals surface area contributed by atoms with Gasteiger partial charge >= 0.3 is 0 Å². The van der Waals surface area contributed by atoms with Gasteiger partial charge in [-0.3, -0.25) is 14.4 Å². The topological polar surface area (TPSA) is 47.4 Å². The number of hydrogen-bond acceptors (Lipinski definition) is 4. The number of aromatic nitrogens is 2. The second kappa shape index (κ2) is 6.37. The number of ether oxygens (including phenoxy) is 1. The Labute approximate surface area is 128 Å². The van der Waals surface area contributed by atoms with Gasteiger partial charge < -0.3 is 4.74 Å². The molecule has 1 saturated heterocycles. The molecule has 1 aromatic heterocycles. The summed E-state index contributed by atoms with van der Waals surface area (Å²) in [5.41, 5.74) is 0.126. The Morgan fingerprint density at radius 3 is 2.70 bits per heavy atom. The normalized spacial score (nSPS) is 17.4. The Balaban J connectivity index is 2.27. The minimum Gasteiger partial charge on any atom is -0.379 e. The van der Waals surface area contributed by atoms with Crippen molar-refractivity contribution < 1.29 is 9.53 Å². The van der Waals surface area contributed by atoms with Crippen molar-refractivity contribution in [1.29, 1.82) is 0 Å². The van der Waals surface area contributed by atoms with Crippen LogP contribution in [0.3, 0.4) is 0 Å². The van der Waals surface area contributed by atoms with E-state index in [1.807, 2.05) is 13.8 Å². The van der Waals surface area contributed by atoms with Gasteiger partial charge in [-0.05, 0) is 36.2 Å². The molecular formula is C14H22BrN3O2. The predicted octanol–water partition coefficient (Wildman–Crippen LogP) is 2.35. The lowest BCUT2D eigenvalue weighted by Crippen LogP contribution is -2.54. The van der Waals surface area contributed by atoms with Crippen LogP contribution in [0.5, 0.6) is 0 Å². The number of hydrogen-bond donors (Lipinski definition) is 0. The van der Waals surface area contributed by atoms with Crippen LogP contribution < -0.4 is 0 Å². The van der Waals surface area contributed by atoms with Gasteiger partial charge in [-0.1, -0.05) is 6.92 Å². The second-order valence-electron chi connectivity index (χ2n) is 5.55. The van der Waals surface area contributed by atoms with Gasteiger partial charge in [0.05, 0.1) is 29.4 Å². The van der Waals surface area contributed by atoms with Crippen molar-refractivity contribution in [1.82, 2.24) is 14.7 Å². The van der Waals surface area contributed by atoms with E-state index in [1.165, 1.54) is 0 Å². The summed E-state index contributed by atoms with van der Waals surface area (Å²) in [6.07, 6.45) is 2.66. The van der Waals surface area contributed by atoms with Gasteiger partial charge in [0.2, 0.25) is 5.78 Å². The lowest BCUT2D eigenvalue weighted by atomic mass is 9.93. The molecule has 2 rings (SSSR count). The smallest absolute Gasteiger partial charge is 0.201 e. The summed E-state index contributed by atoms with van der Waals surface area (Å²) >= 11 is 3.46. The van der Waals surface area contributed by atoms with Crippen molar-refractivity contribution in [2.24, 2.45) is 0 Å². The number of nitrogens with zero attached hydrogens (tertiary/aromatic N) is 3. The van der Waals surface area contributed by atoms with Crippen LogP contribution >= 0.6 is 15.9 Å². The minimum atomic E-state index is -0.544. The van der Waals surface area contributed by atoms with Crippen LogP contribution in [0.4, 0.5) is 0 Å². The summed E-state index contributed by atoms with van der Waals surface area (Å²) in [5, 5.41) is 4.29. The molecule has 6 heteroatoms. The lowest BCUT2D eigenvalue weighted by molar-refractivity contribution is -0.00469. The van der Waals surface area contributed by atoms with E-state index in [9.17, 15) is 4.79 Å². The third-order valence-corrected chi connectivity index (χ3v) is 4.38. The van der Waals surface area contributed by atoms with Gasteiger partial charge in [0.15, 0.2) is 0 Å². The van der Waals surface area contributed by atoms with Gasteiger partial charge in [-0.25, -0.2) is 0 Å². The zero-order valence-corrected chi connectivity index (χ0v) is 13.9. The molecule has 0 spiro atoms. The molecule has 112 valence electrons. The van der Waals surface area contributed by atoms with Crippen molar-refractivity contribution >= 4 is 21.7 Å². The number of halogens is 1. The zero-order valence-electron chi connectivity index (χ0n) is 12.4. The van der Waals surface area contributed by atoms with Gasteiger partial charge in [-0.15, -0.1) is 0 Å². The average molecular weight is 344 g/mol. The molecule has 0 atom stereocenters. The Morgan fingerprint density at radius 2 is 2.10 bits per heavy atom. The molecule has 0 bridgehead atoms. The molecule has 0 aliphatic carbocycles. The van der Waals surface area contributed by atoms with Crippen molar-refractivity contribution in [2.45, 2.75) is 39.3 Å². The quantitative estimate of drug-likeness (QED) is 0.770. The van der Waals surface area contributed by atoms with E-state index in [0.717, 1.165) is 30.5 Å². The summed E-state index contributed by atoms with van der Waals surface area (Å²) in [6, 6.07) is 0. The van der Waals surface area contributed by atoms with Crippen molar-refractivity contribution in [2.75, 3.05) is 26.3 Å². The highest BCUT2D eigenvalue weighted by molar-refractivity contribution is 9.10. The predicted molar refractivity (Wildman–Crippen MR) is 81.0 cm³/mol. The fraction of sp³-hybridized carbons (Fsp3) is 0.714. The third-order valence-electron chi connectivity index (χ3n) is 3.80. The number of morpholine rings is 1. The highest BCUT2D eigenvalue weighted by Gasteiger charge is 2.38. The van der Waals surface area contributed by atoms with Gasteiger partial charge in [0.1, 0.15) is 5.69 Å². The maximum Gasteiger partial charge on any atom is 0.201 e. The number of ketones is 1. The summed E-state index contributed by atoms with van der Waals surface area (Å²) in [6.45, 7) is 9.75. The standard InChI is InChI=1S/C14H22BrN3O2/c1-4-5-18-12(11(15)10-16-18)13(19)14(2,3)17-6-8-20-9-7-17/h10H,4-9H2,1-3H3. The summed E-state index contributed by atoms with van der Waals surface area (Å²) in [7, 11) is 0. The van der Waals surface area contributed by atoms with Gasteiger partial charge in [-0.2, -0.15) is 5.10 Å². The lowest BCUT2D eigenvalue weighted by Gasteiger charge is -2.39. The Morgan fingerprint density at radius 1 is 1.45 bits per heavy atom. The molecule has 0 radical (unpaired) electrons. The maximum atomic E-state index is 13.0. The van der Waals surface area contributed by atoms with Crippen LogP contribution in [-0.2, 0) is 11.3 Å². The molecule has 0 saturated carbocycles. The van der Waals surface area contributed by atoms with E-state index in [2.05, 4.69) is 32.9 Å². The second-order valence-corrected chi connectivity index (χ2v) is 6.41. The first-order chi connectivity index (χ1) is 9.48. The molecular weight excluding hydrogens is 322 g/mol. The van der Waals surface area contributed by atoms with Gasteiger partial charge in [0, 0.05) is 19.6 Å². The molecule has 1 aromatic rings. The van der Waals surface area contributed by atoms with Crippen molar-refractivity contribution in [3.8, 4) is 0 Å². The number of aryl methyl sites for hydroxylation is 1. The molecule has 5 nitrogen and oxygen atoms in total. The number of carbonyl (C=O) groups excluding carboxylic acids is 1. The fourth-order valence-electron chi connectivity index (χ4n) is 2.53. The van der Waals surface area contributed by atoms with E-state index in [4.69, 9.17) is 4.74 Å². The van der Waals surface area contributed by atoms with E-state index < -0.39 is 5.54 Å². The first kappa shape index (κ1) is 15.7. The Kier molecular flexibility index (Phi) is 4.99. The molecule has 2 heterocycles. The van der Waals surface area contributed by atoms with Crippen molar-refractivity contribution in [3.63, 3.8) is 0 Å². The summed E-state index contributed by atoms with van der Waals surface area (Å²) < 4.78 is 7.95. The monoisotopic (exact) mass is 343 g/mol. The first-order valence-corrected chi connectivity index (χ1v) is 7.86. The van der Waals surface area contributed by atoms with Crippen LogP contribution in [0.25, 0.3) is 0 Å². The molecule has 1 fully saturated rings. The molecule has 0 unspecified atom stereocenters. The van der Waals surface area contributed by atoms with Gasteiger partial charge in [0.25, 0.3) is 0 Å². The fourth-order valence-corrected chi connectivity index (χ4v) is 3.00. The van der Waals surface area contributed by atoms with E-state index in [1.54, 1.807) is 10.9 Å². The molecule has 0 aromatic carbocycles. The molecule has 1 aliphatic heterocycles. The minimum absolute atomic E-state index is 0.109. The maximum absolute atomic E-state index is 13.0. The molecule has 0 N–H and O–H groups in total. The SMILES string of the molecule is CCCn1ncc(Br)c1C(=O)C(C)(C)N1CCOCC1. The molecule has 1 aliphatic rings. The van der Waals surface area contributed by atoms with Crippen LogP contribution in [0.2, 0.25) is 0 Å². The Bertz CT molecular complexity index is 479. The average Bonchev–Trinajstić information content (AvgIpc) is 2.80.